The first-order valence-corrected chi connectivity index (χ1v) is 18.7. The van der Waals surface area contributed by atoms with Gasteiger partial charge < -0.3 is 41.4 Å². The summed E-state index contributed by atoms with van der Waals surface area (Å²) in [6.07, 6.45) is 3.73. The second-order valence-electron chi connectivity index (χ2n) is 15.3. The molecule has 1 unspecified atom stereocenters. The first-order chi connectivity index (χ1) is 25.0. The Hall–Kier alpha value is -4.53. The lowest BCUT2D eigenvalue weighted by molar-refractivity contribution is -0.143. The molecular formula is C38H58N6O9. The van der Waals surface area contributed by atoms with Gasteiger partial charge in [0.2, 0.25) is 29.4 Å². The van der Waals surface area contributed by atoms with Gasteiger partial charge in [-0.1, -0.05) is 76.8 Å². The van der Waals surface area contributed by atoms with Gasteiger partial charge >= 0.3 is 6.09 Å². The second kappa shape index (κ2) is 20.1. The smallest absolute Gasteiger partial charge is 0.407 e. The van der Waals surface area contributed by atoms with Crippen LogP contribution in [0.15, 0.2) is 30.3 Å². The third-order valence-corrected chi connectivity index (χ3v) is 9.14. The molecule has 15 heteroatoms. The highest BCUT2D eigenvalue weighted by molar-refractivity contribution is 6.38. The zero-order valence-corrected chi connectivity index (χ0v) is 31.9. The summed E-state index contributed by atoms with van der Waals surface area (Å²) >= 11 is 0. The van der Waals surface area contributed by atoms with Crippen LogP contribution in [0.5, 0.6) is 0 Å². The number of likely N-dealkylation sites (tertiary alicyclic amines) is 1. The fourth-order valence-electron chi connectivity index (χ4n) is 6.72. The van der Waals surface area contributed by atoms with E-state index in [1.807, 2.05) is 34.6 Å². The number of rotatable bonds is 17. The van der Waals surface area contributed by atoms with E-state index in [4.69, 9.17) is 15.2 Å². The summed E-state index contributed by atoms with van der Waals surface area (Å²) in [6, 6.07) is 3.92. The molecule has 3 rings (SSSR count). The van der Waals surface area contributed by atoms with Gasteiger partial charge in [0.1, 0.15) is 18.1 Å². The van der Waals surface area contributed by atoms with Gasteiger partial charge in [-0.3, -0.25) is 28.8 Å². The molecule has 6 N–H and O–H groups in total. The molecule has 1 aliphatic carbocycles. The van der Waals surface area contributed by atoms with Gasteiger partial charge in [-0.25, -0.2) is 4.79 Å². The molecule has 1 aromatic carbocycles. The lowest BCUT2D eigenvalue weighted by atomic mass is 9.83. The summed E-state index contributed by atoms with van der Waals surface area (Å²) in [4.78, 5) is 93.6. The maximum absolute atomic E-state index is 14.4. The van der Waals surface area contributed by atoms with E-state index >= 15 is 0 Å². The Morgan fingerprint density at radius 3 is 2.19 bits per heavy atom. The van der Waals surface area contributed by atoms with Crippen molar-refractivity contribution in [2.75, 3.05) is 19.7 Å². The van der Waals surface area contributed by atoms with Gasteiger partial charge in [0.15, 0.2) is 0 Å². The number of hydrogen-bond donors (Lipinski definition) is 5. The second-order valence-corrected chi connectivity index (χ2v) is 15.3. The number of amides is 6. The quantitative estimate of drug-likeness (QED) is 0.148. The van der Waals surface area contributed by atoms with Crippen LogP contribution >= 0.6 is 0 Å². The maximum Gasteiger partial charge on any atom is 0.407 e. The highest BCUT2D eigenvalue weighted by atomic mass is 16.5. The van der Waals surface area contributed by atoms with Crippen molar-refractivity contribution in [2.45, 2.75) is 129 Å². The Bertz CT molecular complexity index is 1440. The molecule has 1 saturated heterocycles. The van der Waals surface area contributed by atoms with Gasteiger partial charge in [0.05, 0.1) is 30.9 Å². The van der Waals surface area contributed by atoms with Crippen LogP contribution in [-0.4, -0.2) is 95.8 Å². The summed E-state index contributed by atoms with van der Waals surface area (Å²) in [5.41, 5.74) is 5.32. The first-order valence-electron chi connectivity index (χ1n) is 18.7. The van der Waals surface area contributed by atoms with Crippen LogP contribution in [0.3, 0.4) is 0 Å². The summed E-state index contributed by atoms with van der Waals surface area (Å²) in [5.74, 6) is -4.79. The molecule has 1 aromatic rings. The summed E-state index contributed by atoms with van der Waals surface area (Å²) in [7, 11) is 0. The average molecular weight is 743 g/mol. The Balaban J connectivity index is 1.76. The monoisotopic (exact) mass is 742 g/mol. The lowest BCUT2D eigenvalue weighted by Gasteiger charge is -2.34. The number of alkyl carbamates (subject to hydrolysis) is 1. The molecule has 53 heavy (non-hydrogen) atoms. The standard InChI is InChI=1S/C38H58N6O9/c1-7-14-27(32(46)35(49)40-20-29(45)42-30(33(39)47)24-15-10-8-11-16-24)41-34(48)28-19-26(53-38(4,5)6)21-44(28)36(50)31(25-17-12-9-13-18-25)43-37(51)52-22-23(2)3/h8,10-11,15-16,23,25-28,30-31H,7,9,12-14,17-22H2,1-6H3,(H2,39,47)(H,40,49)(H,41,48)(H,42,45)(H,43,51)/t26-,27?,28+,30+,31+/m1/s1. The normalized spacial score (nSPS) is 19.4. The Morgan fingerprint density at radius 1 is 0.943 bits per heavy atom. The van der Waals surface area contributed by atoms with Crippen LogP contribution in [0.4, 0.5) is 4.79 Å². The minimum absolute atomic E-state index is 0.0808. The van der Waals surface area contributed by atoms with Gasteiger partial charge in [-0.15, -0.1) is 0 Å². The van der Waals surface area contributed by atoms with E-state index in [0.717, 1.165) is 32.1 Å². The molecule has 5 atom stereocenters. The number of nitrogens with two attached hydrogens (primary N) is 1. The van der Waals surface area contributed by atoms with Crippen molar-refractivity contribution < 1.29 is 43.0 Å². The summed E-state index contributed by atoms with van der Waals surface area (Å²) < 4.78 is 11.6. The van der Waals surface area contributed by atoms with Crippen LogP contribution in [0, 0.1) is 11.8 Å². The number of nitrogens with one attached hydrogen (secondary N) is 4. The molecule has 0 bridgehead atoms. The summed E-state index contributed by atoms with van der Waals surface area (Å²) in [6.45, 7) is 10.8. The van der Waals surface area contributed by atoms with Crippen LogP contribution in [0.1, 0.15) is 105 Å². The summed E-state index contributed by atoms with van der Waals surface area (Å²) in [5, 5.41) is 10.2. The zero-order valence-electron chi connectivity index (χ0n) is 31.9. The fourth-order valence-corrected chi connectivity index (χ4v) is 6.72. The van der Waals surface area contributed by atoms with E-state index in [1.54, 1.807) is 37.3 Å². The molecule has 0 spiro atoms. The maximum atomic E-state index is 14.4. The number of benzene rings is 1. The predicted molar refractivity (Wildman–Crippen MR) is 196 cm³/mol. The minimum atomic E-state index is -1.25. The number of carbonyl (C=O) groups excluding carboxylic acids is 7. The van der Waals surface area contributed by atoms with Crippen molar-refractivity contribution in [3.8, 4) is 0 Å². The van der Waals surface area contributed by atoms with Crippen LogP contribution < -0.4 is 27.0 Å². The zero-order chi connectivity index (χ0) is 39.3. The lowest BCUT2D eigenvalue weighted by Crippen LogP contribution is -2.58. The SMILES string of the molecule is CCCC(NC(=O)[C@@H]1C[C@@H](OC(C)(C)C)CN1C(=O)[C@@H](NC(=O)OCC(C)C)C1CCCCC1)C(=O)C(=O)NCC(=O)N[C@H](C(N)=O)c1ccccc1. The number of primary amides is 1. The molecule has 1 heterocycles. The minimum Gasteiger partial charge on any atom is -0.449 e. The third kappa shape index (κ3) is 13.4. The predicted octanol–water partition coefficient (Wildman–Crippen LogP) is 2.42. The number of ketones is 1. The number of nitrogens with zero attached hydrogens (tertiary/aromatic N) is 1. The molecule has 0 radical (unpaired) electrons. The molecular weight excluding hydrogens is 684 g/mol. The van der Waals surface area contributed by atoms with Crippen LogP contribution in [0.25, 0.3) is 0 Å². The molecule has 1 aliphatic heterocycles. The number of hydrogen-bond acceptors (Lipinski definition) is 9. The molecule has 6 amide bonds. The van der Waals surface area contributed by atoms with Crippen molar-refractivity contribution in [1.29, 1.82) is 0 Å². The highest BCUT2D eigenvalue weighted by Gasteiger charge is 2.46. The van der Waals surface area contributed by atoms with E-state index in [-0.39, 0.29) is 37.8 Å². The molecule has 2 fully saturated rings. The molecule has 0 aromatic heterocycles. The van der Waals surface area contributed by atoms with Crippen molar-refractivity contribution in [2.24, 2.45) is 17.6 Å². The van der Waals surface area contributed by atoms with Gasteiger partial charge in [-0.2, -0.15) is 0 Å². The average Bonchev–Trinajstić information content (AvgIpc) is 3.53. The number of ether oxygens (including phenoxy) is 2. The highest BCUT2D eigenvalue weighted by Crippen LogP contribution is 2.31. The van der Waals surface area contributed by atoms with E-state index in [0.29, 0.717) is 12.0 Å². The molecule has 294 valence electrons. The van der Waals surface area contributed by atoms with E-state index in [9.17, 15) is 33.6 Å². The van der Waals surface area contributed by atoms with Crippen LogP contribution in [-0.2, 0) is 38.2 Å². The first kappa shape index (κ1) is 42.9. The van der Waals surface area contributed by atoms with Crippen LogP contribution in [0.2, 0.25) is 0 Å². The van der Waals surface area contributed by atoms with Gasteiger partial charge in [0.25, 0.3) is 5.91 Å². The largest absolute Gasteiger partial charge is 0.449 e. The Labute approximate surface area is 312 Å². The van der Waals surface area contributed by atoms with E-state index < -0.39 is 83.8 Å². The fraction of sp³-hybridized carbons (Fsp3) is 0.658. The third-order valence-electron chi connectivity index (χ3n) is 9.14. The number of Topliss-reactive ketones (excluding diaryl/α,β-unsaturated/α-hetero) is 1. The van der Waals surface area contributed by atoms with Crippen molar-refractivity contribution in [3.63, 3.8) is 0 Å². The van der Waals surface area contributed by atoms with Crippen molar-refractivity contribution in [1.82, 2.24) is 26.2 Å². The molecule has 2 aliphatic rings. The van der Waals surface area contributed by atoms with Crippen molar-refractivity contribution in [3.05, 3.63) is 35.9 Å². The molecule has 15 nitrogen and oxygen atoms in total. The van der Waals surface area contributed by atoms with Crippen molar-refractivity contribution >= 4 is 41.4 Å². The van der Waals surface area contributed by atoms with E-state index in [1.165, 1.54) is 4.90 Å². The van der Waals surface area contributed by atoms with E-state index in [2.05, 4.69) is 21.3 Å². The Morgan fingerprint density at radius 2 is 1.60 bits per heavy atom. The van der Waals surface area contributed by atoms with Gasteiger partial charge in [-0.05, 0) is 57.4 Å². The number of carbonyl (C=O) groups is 7. The topological polar surface area (TPSA) is 215 Å². The Kier molecular flexibility index (Phi) is 16.2. The molecule has 1 saturated carbocycles. The van der Waals surface area contributed by atoms with Gasteiger partial charge in [0, 0.05) is 13.0 Å².